The summed E-state index contributed by atoms with van der Waals surface area (Å²) in [5, 5.41) is 2.73. The second kappa shape index (κ2) is 7.64. The van der Waals surface area contributed by atoms with Gasteiger partial charge in [-0.3, -0.25) is 4.79 Å². The number of amides is 1. The van der Waals surface area contributed by atoms with E-state index in [9.17, 15) is 9.59 Å². The van der Waals surface area contributed by atoms with E-state index in [0.29, 0.717) is 11.3 Å². The number of aryl methyl sites for hydroxylation is 2. The minimum atomic E-state index is -0.518. The number of hydrogen-bond donors (Lipinski definition) is 1. The summed E-state index contributed by atoms with van der Waals surface area (Å²) in [5.41, 5.74) is 4.22. The fourth-order valence-corrected chi connectivity index (χ4v) is 2.35. The summed E-state index contributed by atoms with van der Waals surface area (Å²) in [4.78, 5) is 25.8. The van der Waals surface area contributed by atoms with Gasteiger partial charge < -0.3 is 15.0 Å². The number of ether oxygens (including phenoxy) is 1. The van der Waals surface area contributed by atoms with Gasteiger partial charge in [0.1, 0.15) is 0 Å². The summed E-state index contributed by atoms with van der Waals surface area (Å²) in [6.45, 7) is 3.60. The van der Waals surface area contributed by atoms with Gasteiger partial charge in [0.05, 0.1) is 5.56 Å². The SMILES string of the molecule is Cc1cc(C)cc(NC(=O)COC(=O)c2ccc(N(C)C)cc2)c1. The molecule has 0 radical (unpaired) electrons. The van der Waals surface area contributed by atoms with E-state index in [0.717, 1.165) is 16.8 Å². The molecule has 0 unspecified atom stereocenters. The van der Waals surface area contributed by atoms with E-state index in [-0.39, 0.29) is 12.5 Å². The maximum Gasteiger partial charge on any atom is 0.338 e. The van der Waals surface area contributed by atoms with Gasteiger partial charge in [-0.1, -0.05) is 6.07 Å². The maximum atomic E-state index is 12.0. The Labute approximate surface area is 142 Å². The molecule has 0 aliphatic rings. The van der Waals surface area contributed by atoms with Crippen LogP contribution in [0.4, 0.5) is 11.4 Å². The van der Waals surface area contributed by atoms with Gasteiger partial charge >= 0.3 is 5.97 Å². The van der Waals surface area contributed by atoms with E-state index in [1.54, 1.807) is 12.1 Å². The van der Waals surface area contributed by atoms with Crippen LogP contribution in [0.1, 0.15) is 21.5 Å². The van der Waals surface area contributed by atoms with E-state index in [1.165, 1.54) is 0 Å². The van der Waals surface area contributed by atoms with Gasteiger partial charge in [0, 0.05) is 25.5 Å². The molecule has 24 heavy (non-hydrogen) atoms. The average molecular weight is 326 g/mol. The highest BCUT2D eigenvalue weighted by Crippen LogP contribution is 2.14. The first-order chi connectivity index (χ1) is 11.3. The first kappa shape index (κ1) is 17.5. The zero-order chi connectivity index (χ0) is 17.7. The molecule has 0 aliphatic carbocycles. The number of carbonyl (C=O) groups excluding carboxylic acids is 2. The highest BCUT2D eigenvalue weighted by Gasteiger charge is 2.11. The predicted molar refractivity (Wildman–Crippen MR) is 95.6 cm³/mol. The molecule has 0 spiro atoms. The smallest absolute Gasteiger partial charge is 0.338 e. The standard InChI is InChI=1S/C19H22N2O3/c1-13-9-14(2)11-16(10-13)20-18(22)12-24-19(23)15-5-7-17(8-6-15)21(3)4/h5-11H,12H2,1-4H3,(H,20,22). The van der Waals surface area contributed by atoms with E-state index in [4.69, 9.17) is 4.74 Å². The van der Waals surface area contributed by atoms with Crippen molar-refractivity contribution in [2.45, 2.75) is 13.8 Å². The summed E-state index contributed by atoms with van der Waals surface area (Å²) in [6, 6.07) is 12.8. The molecule has 0 heterocycles. The topological polar surface area (TPSA) is 58.6 Å². The van der Waals surface area contributed by atoms with E-state index in [1.807, 2.05) is 63.2 Å². The van der Waals surface area contributed by atoms with Crippen molar-refractivity contribution in [3.05, 3.63) is 59.2 Å². The Bertz CT molecular complexity index is 717. The molecule has 126 valence electrons. The van der Waals surface area contributed by atoms with Crippen LogP contribution in [-0.2, 0) is 9.53 Å². The van der Waals surface area contributed by atoms with Crippen LogP contribution in [0.2, 0.25) is 0 Å². The van der Waals surface area contributed by atoms with Crippen LogP contribution in [0, 0.1) is 13.8 Å². The number of rotatable bonds is 5. The van der Waals surface area contributed by atoms with Crippen LogP contribution in [0.3, 0.4) is 0 Å². The molecule has 5 heteroatoms. The minimum absolute atomic E-state index is 0.318. The zero-order valence-corrected chi connectivity index (χ0v) is 14.4. The van der Waals surface area contributed by atoms with Crippen molar-refractivity contribution in [1.29, 1.82) is 0 Å². The lowest BCUT2D eigenvalue weighted by Crippen LogP contribution is -2.21. The Morgan fingerprint density at radius 2 is 1.58 bits per heavy atom. The lowest BCUT2D eigenvalue weighted by Gasteiger charge is -2.12. The Balaban J connectivity index is 1.89. The molecule has 2 rings (SSSR count). The van der Waals surface area contributed by atoms with Crippen LogP contribution in [0.25, 0.3) is 0 Å². The Hall–Kier alpha value is -2.82. The van der Waals surface area contributed by atoms with Gasteiger partial charge in [-0.15, -0.1) is 0 Å². The Morgan fingerprint density at radius 1 is 1.00 bits per heavy atom. The minimum Gasteiger partial charge on any atom is -0.452 e. The lowest BCUT2D eigenvalue weighted by atomic mass is 10.1. The molecular formula is C19H22N2O3. The maximum absolute atomic E-state index is 12.0. The van der Waals surface area contributed by atoms with Crippen LogP contribution in [0.15, 0.2) is 42.5 Å². The number of nitrogens with one attached hydrogen (secondary N) is 1. The van der Waals surface area contributed by atoms with Crippen LogP contribution >= 0.6 is 0 Å². The van der Waals surface area contributed by atoms with E-state index >= 15 is 0 Å². The van der Waals surface area contributed by atoms with Crippen molar-refractivity contribution in [3.8, 4) is 0 Å². The molecule has 0 saturated carbocycles. The summed E-state index contributed by atoms with van der Waals surface area (Å²) in [5.74, 6) is -0.880. The van der Waals surface area contributed by atoms with Crippen LogP contribution < -0.4 is 10.2 Å². The highest BCUT2D eigenvalue weighted by atomic mass is 16.5. The number of benzene rings is 2. The van der Waals surface area contributed by atoms with Gasteiger partial charge in [0.15, 0.2) is 6.61 Å². The van der Waals surface area contributed by atoms with Crippen molar-refractivity contribution >= 4 is 23.3 Å². The third kappa shape index (κ3) is 4.84. The quantitative estimate of drug-likeness (QED) is 0.858. The van der Waals surface area contributed by atoms with E-state index < -0.39 is 5.97 Å². The molecule has 0 fully saturated rings. The van der Waals surface area contributed by atoms with E-state index in [2.05, 4.69) is 5.32 Å². The zero-order valence-electron chi connectivity index (χ0n) is 14.4. The summed E-state index contributed by atoms with van der Waals surface area (Å²) < 4.78 is 5.06. The van der Waals surface area contributed by atoms with Crippen molar-refractivity contribution in [2.75, 3.05) is 30.9 Å². The monoisotopic (exact) mass is 326 g/mol. The molecule has 0 aliphatic heterocycles. The molecular weight excluding hydrogens is 304 g/mol. The fraction of sp³-hybridized carbons (Fsp3) is 0.263. The second-order valence-corrected chi connectivity index (χ2v) is 5.94. The molecule has 1 N–H and O–H groups in total. The first-order valence-corrected chi connectivity index (χ1v) is 7.68. The number of hydrogen-bond acceptors (Lipinski definition) is 4. The summed E-state index contributed by atoms with van der Waals surface area (Å²) in [6.07, 6.45) is 0. The van der Waals surface area contributed by atoms with Crippen molar-refractivity contribution < 1.29 is 14.3 Å². The molecule has 2 aromatic rings. The number of carbonyl (C=O) groups is 2. The molecule has 0 atom stereocenters. The number of nitrogens with zero attached hydrogens (tertiary/aromatic N) is 1. The number of anilines is 2. The van der Waals surface area contributed by atoms with Gasteiger partial charge in [-0.05, 0) is 61.4 Å². The summed E-state index contributed by atoms with van der Waals surface area (Å²) in [7, 11) is 3.84. The van der Waals surface area contributed by atoms with Gasteiger partial charge in [0.25, 0.3) is 5.91 Å². The largest absolute Gasteiger partial charge is 0.452 e. The molecule has 0 aromatic heterocycles. The Kier molecular flexibility index (Phi) is 5.58. The molecule has 2 aromatic carbocycles. The highest BCUT2D eigenvalue weighted by molar-refractivity contribution is 5.95. The van der Waals surface area contributed by atoms with Crippen LogP contribution in [0.5, 0.6) is 0 Å². The van der Waals surface area contributed by atoms with Gasteiger partial charge in [-0.25, -0.2) is 4.79 Å². The first-order valence-electron chi connectivity index (χ1n) is 7.68. The lowest BCUT2D eigenvalue weighted by molar-refractivity contribution is -0.119. The second-order valence-electron chi connectivity index (χ2n) is 5.94. The third-order valence-corrected chi connectivity index (χ3v) is 3.46. The number of esters is 1. The normalized spacial score (nSPS) is 10.2. The fourth-order valence-electron chi connectivity index (χ4n) is 2.35. The molecule has 0 saturated heterocycles. The van der Waals surface area contributed by atoms with Gasteiger partial charge in [0.2, 0.25) is 0 Å². The molecule has 0 bridgehead atoms. The van der Waals surface area contributed by atoms with Crippen molar-refractivity contribution in [1.82, 2.24) is 0 Å². The summed E-state index contributed by atoms with van der Waals surface area (Å²) >= 11 is 0. The molecule has 1 amide bonds. The van der Waals surface area contributed by atoms with Crippen molar-refractivity contribution in [2.24, 2.45) is 0 Å². The van der Waals surface area contributed by atoms with Gasteiger partial charge in [-0.2, -0.15) is 0 Å². The Morgan fingerprint density at radius 3 is 2.12 bits per heavy atom. The predicted octanol–water partition coefficient (Wildman–Crippen LogP) is 3.16. The van der Waals surface area contributed by atoms with Crippen molar-refractivity contribution in [3.63, 3.8) is 0 Å². The van der Waals surface area contributed by atoms with Crippen LogP contribution in [-0.4, -0.2) is 32.6 Å². The third-order valence-electron chi connectivity index (χ3n) is 3.46. The molecule has 5 nitrogen and oxygen atoms in total. The average Bonchev–Trinajstić information content (AvgIpc) is 2.51.